The van der Waals surface area contributed by atoms with E-state index in [2.05, 4.69) is 15.4 Å². The van der Waals surface area contributed by atoms with E-state index in [1.54, 1.807) is 4.68 Å². The number of nitrogens with one attached hydrogen (secondary N) is 1. The second kappa shape index (κ2) is 2.76. The van der Waals surface area contributed by atoms with Crippen molar-refractivity contribution >= 4 is 5.96 Å². The maximum absolute atomic E-state index is 5.53. The lowest BCUT2D eigenvalue weighted by molar-refractivity contribution is 0.701. The molecule has 2 heterocycles. The molecule has 3 N–H and O–H groups in total. The van der Waals surface area contributed by atoms with Gasteiger partial charge in [0.1, 0.15) is 0 Å². The van der Waals surface area contributed by atoms with Gasteiger partial charge in [0.15, 0.2) is 5.96 Å². The van der Waals surface area contributed by atoms with Crippen LogP contribution in [0.1, 0.15) is 17.3 Å². The van der Waals surface area contributed by atoms with Crippen LogP contribution in [0.5, 0.6) is 0 Å². The molecular weight excluding hydrogens is 166 g/mol. The maximum Gasteiger partial charge on any atom is 0.189 e. The van der Waals surface area contributed by atoms with Crippen LogP contribution < -0.4 is 11.1 Å². The van der Waals surface area contributed by atoms with Crippen LogP contribution in [0.15, 0.2) is 11.2 Å². The van der Waals surface area contributed by atoms with Gasteiger partial charge in [-0.15, -0.1) is 0 Å². The minimum absolute atomic E-state index is 0.202. The van der Waals surface area contributed by atoms with Crippen LogP contribution in [0.4, 0.5) is 0 Å². The molecule has 2 rings (SSSR count). The van der Waals surface area contributed by atoms with E-state index in [1.807, 2.05) is 20.2 Å². The van der Waals surface area contributed by atoms with Crippen LogP contribution in [0, 0.1) is 6.92 Å². The summed E-state index contributed by atoms with van der Waals surface area (Å²) < 4.78 is 1.81. The molecule has 5 nitrogen and oxygen atoms in total. The fraction of sp³-hybridized carbons (Fsp3) is 0.500. The van der Waals surface area contributed by atoms with Gasteiger partial charge in [0.05, 0.1) is 18.3 Å². The summed E-state index contributed by atoms with van der Waals surface area (Å²) in [5.74, 6) is 0.522. The number of aromatic nitrogens is 2. The summed E-state index contributed by atoms with van der Waals surface area (Å²) in [6.45, 7) is 2.70. The second-order valence-electron chi connectivity index (χ2n) is 3.27. The van der Waals surface area contributed by atoms with Gasteiger partial charge in [-0.3, -0.25) is 9.67 Å². The molecular formula is C8H13N5. The molecule has 0 bridgehead atoms. The zero-order valence-corrected chi connectivity index (χ0v) is 7.78. The van der Waals surface area contributed by atoms with Crippen molar-refractivity contribution in [3.05, 3.63) is 17.5 Å². The highest BCUT2D eigenvalue weighted by molar-refractivity contribution is 5.80. The van der Waals surface area contributed by atoms with Gasteiger partial charge >= 0.3 is 0 Å². The number of nitrogens with two attached hydrogens (primary N) is 1. The minimum atomic E-state index is 0.202. The number of hydrogen-bond acceptors (Lipinski definition) is 4. The molecule has 1 aromatic rings. The quantitative estimate of drug-likeness (QED) is 0.621. The summed E-state index contributed by atoms with van der Waals surface area (Å²) >= 11 is 0. The molecule has 5 heteroatoms. The summed E-state index contributed by atoms with van der Waals surface area (Å²) in [5.41, 5.74) is 7.74. The van der Waals surface area contributed by atoms with Gasteiger partial charge in [0, 0.05) is 18.8 Å². The second-order valence-corrected chi connectivity index (χ2v) is 3.27. The highest BCUT2D eigenvalue weighted by atomic mass is 15.3. The van der Waals surface area contributed by atoms with E-state index < -0.39 is 0 Å². The fourth-order valence-electron chi connectivity index (χ4n) is 1.60. The molecule has 0 saturated heterocycles. The Bertz CT molecular complexity index is 351. The number of guanidine groups is 1. The highest BCUT2D eigenvalue weighted by Gasteiger charge is 2.20. The molecule has 0 amide bonds. The molecule has 1 aromatic heterocycles. The Kier molecular flexibility index (Phi) is 1.72. The van der Waals surface area contributed by atoms with Crippen LogP contribution in [0.2, 0.25) is 0 Å². The normalized spacial score (nSPS) is 21.4. The number of nitrogens with zero attached hydrogens (tertiary/aromatic N) is 3. The smallest absolute Gasteiger partial charge is 0.189 e. The molecule has 0 aromatic carbocycles. The lowest BCUT2D eigenvalue weighted by atomic mass is 10.1. The van der Waals surface area contributed by atoms with Crippen LogP contribution >= 0.6 is 0 Å². The van der Waals surface area contributed by atoms with Gasteiger partial charge in [-0.1, -0.05) is 0 Å². The molecule has 0 aliphatic carbocycles. The van der Waals surface area contributed by atoms with Crippen molar-refractivity contribution < 1.29 is 0 Å². The molecule has 0 saturated carbocycles. The lowest BCUT2D eigenvalue weighted by Crippen LogP contribution is -2.29. The van der Waals surface area contributed by atoms with E-state index in [0.717, 1.165) is 5.69 Å². The third-order valence-corrected chi connectivity index (χ3v) is 2.19. The van der Waals surface area contributed by atoms with Gasteiger partial charge in [0.2, 0.25) is 0 Å². The minimum Gasteiger partial charge on any atom is -0.370 e. The standard InChI is InChI=1S/C8H13N5/c1-5-6(4-13(2)12-5)7-3-10-8(9)11-7/h4,7H,3H2,1-2H3,(H3,9,10,11). The van der Waals surface area contributed by atoms with E-state index in [1.165, 1.54) is 5.56 Å². The van der Waals surface area contributed by atoms with Crippen molar-refractivity contribution in [3.63, 3.8) is 0 Å². The van der Waals surface area contributed by atoms with Gasteiger partial charge < -0.3 is 11.1 Å². The Morgan fingerprint density at radius 2 is 2.46 bits per heavy atom. The van der Waals surface area contributed by atoms with E-state index in [9.17, 15) is 0 Å². The summed E-state index contributed by atoms with van der Waals surface area (Å²) in [4.78, 5) is 4.09. The van der Waals surface area contributed by atoms with Crippen LogP contribution in [-0.4, -0.2) is 22.3 Å². The zero-order valence-electron chi connectivity index (χ0n) is 7.78. The molecule has 70 valence electrons. The monoisotopic (exact) mass is 179 g/mol. The SMILES string of the molecule is Cc1nn(C)cc1C1CN=C(N)N1. The molecule has 13 heavy (non-hydrogen) atoms. The maximum atomic E-state index is 5.53. The summed E-state index contributed by atoms with van der Waals surface area (Å²) in [5, 5.41) is 7.36. The van der Waals surface area contributed by atoms with Crippen LogP contribution in [-0.2, 0) is 7.05 Å². The lowest BCUT2D eigenvalue weighted by Gasteiger charge is -2.08. The van der Waals surface area contributed by atoms with E-state index in [-0.39, 0.29) is 6.04 Å². The van der Waals surface area contributed by atoms with E-state index >= 15 is 0 Å². The van der Waals surface area contributed by atoms with Crippen molar-refractivity contribution in [1.82, 2.24) is 15.1 Å². The van der Waals surface area contributed by atoms with Gasteiger partial charge in [0.25, 0.3) is 0 Å². The third-order valence-electron chi connectivity index (χ3n) is 2.19. The van der Waals surface area contributed by atoms with Crippen molar-refractivity contribution in [2.45, 2.75) is 13.0 Å². The van der Waals surface area contributed by atoms with Crippen molar-refractivity contribution in [3.8, 4) is 0 Å². The van der Waals surface area contributed by atoms with Gasteiger partial charge in [-0.25, -0.2) is 0 Å². The Labute approximate surface area is 76.6 Å². The molecule has 1 aliphatic heterocycles. The molecule has 1 atom stereocenters. The van der Waals surface area contributed by atoms with Crippen LogP contribution in [0.3, 0.4) is 0 Å². The molecule has 1 unspecified atom stereocenters. The predicted molar refractivity (Wildman–Crippen MR) is 50.3 cm³/mol. The van der Waals surface area contributed by atoms with Crippen molar-refractivity contribution in [2.24, 2.45) is 17.8 Å². The molecule has 0 spiro atoms. The first-order valence-electron chi connectivity index (χ1n) is 4.23. The number of aliphatic imine (C=N–C) groups is 1. The van der Waals surface area contributed by atoms with Gasteiger partial charge in [-0.05, 0) is 6.92 Å². The van der Waals surface area contributed by atoms with Gasteiger partial charge in [-0.2, -0.15) is 5.10 Å². The van der Waals surface area contributed by atoms with E-state index in [0.29, 0.717) is 12.5 Å². The first-order chi connectivity index (χ1) is 6.16. The molecule has 0 radical (unpaired) electrons. The third kappa shape index (κ3) is 1.37. The fourth-order valence-corrected chi connectivity index (χ4v) is 1.60. The first kappa shape index (κ1) is 8.10. The topological polar surface area (TPSA) is 68.2 Å². The molecule has 0 fully saturated rings. The Morgan fingerprint density at radius 3 is 2.92 bits per heavy atom. The van der Waals surface area contributed by atoms with Crippen molar-refractivity contribution in [2.75, 3.05) is 6.54 Å². The number of hydrogen-bond donors (Lipinski definition) is 2. The predicted octanol–water partition coefficient (Wildman–Crippen LogP) is -0.312. The largest absolute Gasteiger partial charge is 0.370 e. The number of aryl methyl sites for hydroxylation is 2. The molecule has 1 aliphatic rings. The van der Waals surface area contributed by atoms with Crippen LogP contribution in [0.25, 0.3) is 0 Å². The summed E-state index contributed by atoms with van der Waals surface area (Å²) in [7, 11) is 1.91. The highest BCUT2D eigenvalue weighted by Crippen LogP contribution is 2.18. The summed E-state index contributed by atoms with van der Waals surface area (Å²) in [6.07, 6.45) is 2.00. The first-order valence-corrected chi connectivity index (χ1v) is 4.23. The average molecular weight is 179 g/mol. The Morgan fingerprint density at radius 1 is 1.69 bits per heavy atom. The summed E-state index contributed by atoms with van der Waals surface area (Å²) in [6, 6.07) is 0.202. The average Bonchev–Trinajstić information content (AvgIpc) is 2.58. The zero-order chi connectivity index (χ0) is 9.42. The Hall–Kier alpha value is -1.52. The van der Waals surface area contributed by atoms with Crippen molar-refractivity contribution in [1.29, 1.82) is 0 Å². The number of rotatable bonds is 1. The Balaban J connectivity index is 2.22. The van der Waals surface area contributed by atoms with E-state index in [4.69, 9.17) is 5.73 Å².